The van der Waals surface area contributed by atoms with E-state index in [9.17, 15) is 9.59 Å². The highest BCUT2D eigenvalue weighted by Crippen LogP contribution is 2.35. The quantitative estimate of drug-likeness (QED) is 0.659. The monoisotopic (exact) mass is 406 g/mol. The molecule has 0 radical (unpaired) electrons. The molecule has 3 rings (SSSR count). The molecule has 0 saturated carbocycles. The van der Waals surface area contributed by atoms with Crippen LogP contribution < -0.4 is 5.32 Å². The first-order valence-electron chi connectivity index (χ1n) is 7.88. The Balaban J connectivity index is 1.79. The van der Waals surface area contributed by atoms with Gasteiger partial charge in [-0.25, -0.2) is 0 Å². The van der Waals surface area contributed by atoms with Gasteiger partial charge in [-0.05, 0) is 61.0 Å². The van der Waals surface area contributed by atoms with Crippen molar-refractivity contribution in [3.8, 4) is 0 Å². The fourth-order valence-corrected chi connectivity index (χ4v) is 3.85. The van der Waals surface area contributed by atoms with Gasteiger partial charge in [0.15, 0.2) is 0 Å². The molecule has 0 spiro atoms. The number of thioether (sulfide) groups is 1. The molecule has 2 aromatic rings. The third-order valence-electron chi connectivity index (χ3n) is 4.18. The van der Waals surface area contributed by atoms with Crippen molar-refractivity contribution in [2.24, 2.45) is 0 Å². The molecule has 4 nitrogen and oxygen atoms in total. The molecule has 7 heteroatoms. The van der Waals surface area contributed by atoms with Gasteiger partial charge in [-0.3, -0.25) is 14.5 Å². The van der Waals surface area contributed by atoms with Gasteiger partial charge in [0.1, 0.15) is 0 Å². The second-order valence-electron chi connectivity index (χ2n) is 5.83. The van der Waals surface area contributed by atoms with Gasteiger partial charge in [0.25, 0.3) is 11.1 Å². The van der Waals surface area contributed by atoms with Gasteiger partial charge in [0.2, 0.25) is 0 Å². The van der Waals surface area contributed by atoms with E-state index < -0.39 is 0 Å². The lowest BCUT2D eigenvalue weighted by Crippen LogP contribution is -2.33. The third-order valence-corrected chi connectivity index (χ3v) is 5.75. The van der Waals surface area contributed by atoms with E-state index in [0.717, 1.165) is 28.6 Å². The van der Waals surface area contributed by atoms with Crippen molar-refractivity contribution in [1.29, 1.82) is 0 Å². The summed E-state index contributed by atoms with van der Waals surface area (Å²) < 4.78 is 0. The highest BCUT2D eigenvalue weighted by atomic mass is 35.5. The zero-order valence-corrected chi connectivity index (χ0v) is 16.5. The van der Waals surface area contributed by atoms with Gasteiger partial charge in [0.05, 0.1) is 11.6 Å². The first-order chi connectivity index (χ1) is 12.4. The molecule has 134 valence electrons. The topological polar surface area (TPSA) is 49.4 Å². The van der Waals surface area contributed by atoms with Crippen molar-refractivity contribution in [3.63, 3.8) is 0 Å². The van der Waals surface area contributed by atoms with E-state index in [1.54, 1.807) is 24.3 Å². The van der Waals surface area contributed by atoms with Gasteiger partial charge in [-0.1, -0.05) is 41.4 Å². The van der Waals surface area contributed by atoms with Crippen molar-refractivity contribution in [1.82, 2.24) is 4.90 Å². The Morgan fingerprint density at radius 3 is 2.42 bits per heavy atom. The van der Waals surface area contributed by atoms with Gasteiger partial charge in [-0.2, -0.15) is 0 Å². The average Bonchev–Trinajstić information content (AvgIpc) is 2.86. The number of rotatable bonds is 4. The summed E-state index contributed by atoms with van der Waals surface area (Å²) >= 11 is 13.2. The second kappa shape index (κ2) is 7.74. The highest BCUT2D eigenvalue weighted by molar-refractivity contribution is 8.18. The lowest BCUT2D eigenvalue weighted by atomic mass is 10.1. The van der Waals surface area contributed by atoms with Crippen LogP contribution in [0, 0.1) is 13.8 Å². The standard InChI is InChI=1S/C19H16Cl2N2O2S/c1-11-5-3-8-16(12(11)2)22-10-23-18(24)17(26-19(23)25)9-13-14(20)6-4-7-15(13)21/h3-9,22H,10H2,1-2H3/b17-9+. The number of halogens is 2. The Morgan fingerprint density at radius 2 is 1.73 bits per heavy atom. The van der Waals surface area contributed by atoms with Crippen LogP contribution in [0.2, 0.25) is 10.0 Å². The number of carbonyl (C=O) groups excluding carboxylic acids is 2. The Hall–Kier alpha value is -1.95. The summed E-state index contributed by atoms with van der Waals surface area (Å²) in [4.78, 5) is 26.3. The fraction of sp³-hybridized carbons (Fsp3) is 0.158. The van der Waals surface area contributed by atoms with E-state index >= 15 is 0 Å². The summed E-state index contributed by atoms with van der Waals surface area (Å²) in [6, 6.07) is 11.0. The number of anilines is 1. The van der Waals surface area contributed by atoms with Crippen LogP contribution in [0.5, 0.6) is 0 Å². The smallest absolute Gasteiger partial charge is 0.295 e. The van der Waals surface area contributed by atoms with Crippen LogP contribution in [0.15, 0.2) is 41.3 Å². The van der Waals surface area contributed by atoms with Crippen molar-refractivity contribution in [2.45, 2.75) is 13.8 Å². The molecular formula is C19H16Cl2N2O2S. The molecule has 26 heavy (non-hydrogen) atoms. The van der Waals surface area contributed by atoms with E-state index in [2.05, 4.69) is 5.32 Å². The van der Waals surface area contributed by atoms with E-state index in [0.29, 0.717) is 20.5 Å². The number of aryl methyl sites for hydroxylation is 1. The zero-order valence-electron chi connectivity index (χ0n) is 14.2. The molecule has 1 fully saturated rings. The lowest BCUT2D eigenvalue weighted by molar-refractivity contribution is -0.122. The van der Waals surface area contributed by atoms with Crippen molar-refractivity contribution in [2.75, 3.05) is 12.0 Å². The van der Waals surface area contributed by atoms with Crippen LogP contribution in [-0.4, -0.2) is 22.7 Å². The molecule has 1 heterocycles. The fourth-order valence-electron chi connectivity index (χ4n) is 2.52. The first-order valence-corrected chi connectivity index (χ1v) is 9.45. The average molecular weight is 407 g/mol. The summed E-state index contributed by atoms with van der Waals surface area (Å²) in [6.07, 6.45) is 1.56. The first kappa shape index (κ1) is 18.8. The SMILES string of the molecule is Cc1cccc(NCN2C(=O)S/C(=C/c3c(Cl)cccc3Cl)C2=O)c1C. The molecule has 0 aromatic heterocycles. The van der Waals surface area contributed by atoms with E-state index in [1.807, 2.05) is 32.0 Å². The largest absolute Gasteiger partial charge is 0.367 e. The minimum Gasteiger partial charge on any atom is -0.367 e. The molecule has 1 saturated heterocycles. The normalized spacial score (nSPS) is 15.8. The molecular weight excluding hydrogens is 391 g/mol. The number of amides is 2. The predicted octanol–water partition coefficient (Wildman–Crippen LogP) is 5.72. The minimum absolute atomic E-state index is 0.0998. The van der Waals surface area contributed by atoms with Gasteiger partial charge >= 0.3 is 0 Å². The number of nitrogens with one attached hydrogen (secondary N) is 1. The predicted molar refractivity (Wildman–Crippen MR) is 109 cm³/mol. The molecule has 0 aliphatic carbocycles. The number of benzene rings is 2. The summed E-state index contributed by atoms with van der Waals surface area (Å²) in [5, 5.41) is 3.68. The number of hydrogen-bond acceptors (Lipinski definition) is 4. The Kier molecular flexibility index (Phi) is 5.61. The molecule has 1 N–H and O–H groups in total. The maximum absolute atomic E-state index is 12.6. The van der Waals surface area contributed by atoms with Crippen LogP contribution in [-0.2, 0) is 4.79 Å². The Bertz CT molecular complexity index is 908. The maximum atomic E-state index is 12.6. The van der Waals surface area contributed by atoms with Gasteiger partial charge in [-0.15, -0.1) is 0 Å². The number of nitrogens with zero attached hydrogens (tertiary/aromatic N) is 1. The van der Waals surface area contributed by atoms with E-state index in [1.165, 1.54) is 4.90 Å². The summed E-state index contributed by atoms with van der Waals surface area (Å²) in [5.41, 5.74) is 3.64. The minimum atomic E-state index is -0.367. The van der Waals surface area contributed by atoms with Crippen LogP contribution >= 0.6 is 35.0 Å². The van der Waals surface area contributed by atoms with E-state index in [-0.39, 0.29) is 17.8 Å². The number of imide groups is 1. The number of hydrogen-bond donors (Lipinski definition) is 1. The lowest BCUT2D eigenvalue weighted by Gasteiger charge is -2.16. The molecule has 1 aliphatic rings. The maximum Gasteiger partial charge on any atom is 0.295 e. The van der Waals surface area contributed by atoms with Crippen molar-refractivity contribution < 1.29 is 9.59 Å². The Morgan fingerprint density at radius 1 is 1.08 bits per heavy atom. The molecule has 2 amide bonds. The van der Waals surface area contributed by atoms with Crippen LogP contribution in [0.1, 0.15) is 16.7 Å². The summed E-state index contributed by atoms with van der Waals surface area (Å²) in [5.74, 6) is -0.367. The third kappa shape index (κ3) is 3.75. The van der Waals surface area contributed by atoms with Crippen molar-refractivity contribution in [3.05, 3.63) is 68.0 Å². The van der Waals surface area contributed by atoms with Gasteiger partial charge < -0.3 is 5.32 Å². The highest BCUT2D eigenvalue weighted by Gasteiger charge is 2.35. The van der Waals surface area contributed by atoms with Crippen molar-refractivity contribution >= 4 is 57.9 Å². The number of carbonyl (C=O) groups is 2. The molecule has 0 bridgehead atoms. The van der Waals surface area contributed by atoms with Gasteiger partial charge in [0, 0.05) is 21.3 Å². The zero-order chi connectivity index (χ0) is 18.8. The summed E-state index contributed by atoms with van der Waals surface area (Å²) in [6.45, 7) is 4.10. The molecule has 2 aromatic carbocycles. The van der Waals surface area contributed by atoms with E-state index in [4.69, 9.17) is 23.2 Å². The summed E-state index contributed by atoms with van der Waals surface area (Å²) in [7, 11) is 0. The Labute approximate surface area is 166 Å². The van der Waals surface area contributed by atoms with Crippen LogP contribution in [0.4, 0.5) is 10.5 Å². The van der Waals surface area contributed by atoms with Crippen LogP contribution in [0.3, 0.4) is 0 Å². The molecule has 0 atom stereocenters. The molecule has 0 unspecified atom stereocenters. The van der Waals surface area contributed by atoms with Crippen LogP contribution in [0.25, 0.3) is 6.08 Å². The molecule has 1 aliphatic heterocycles. The second-order valence-corrected chi connectivity index (χ2v) is 7.64.